The Labute approximate surface area is 71.3 Å². The molecule has 4 heteroatoms. The highest BCUT2D eigenvalue weighted by molar-refractivity contribution is 5.58. The van der Waals surface area contributed by atoms with E-state index in [2.05, 4.69) is 29.4 Å². The van der Waals surface area contributed by atoms with Crippen LogP contribution in [0.1, 0.15) is 25.5 Å². The van der Waals surface area contributed by atoms with Crippen molar-refractivity contribution >= 4 is 5.69 Å². The average molecular weight is 167 g/mol. The third kappa shape index (κ3) is 1.03. The minimum atomic E-state index is 0.430. The van der Waals surface area contributed by atoms with E-state index in [0.29, 0.717) is 12.5 Å². The number of hydrogen-bond acceptors (Lipinski definition) is 3. The summed E-state index contributed by atoms with van der Waals surface area (Å²) in [6.45, 7) is 5.82. The first kappa shape index (κ1) is 7.46. The van der Waals surface area contributed by atoms with Crippen molar-refractivity contribution in [3.63, 3.8) is 0 Å². The van der Waals surface area contributed by atoms with E-state index >= 15 is 0 Å². The Morgan fingerprint density at radius 3 is 3.08 bits per heavy atom. The zero-order chi connectivity index (χ0) is 8.55. The quantitative estimate of drug-likeness (QED) is 0.663. The second-order valence-corrected chi connectivity index (χ2v) is 3.24. The number of nitrogens with one attached hydrogen (secondary N) is 2. The Bertz CT molecular complexity index is 280. The van der Waals surface area contributed by atoms with Gasteiger partial charge < -0.3 is 10.1 Å². The molecule has 0 atom stereocenters. The topological polar surface area (TPSA) is 49.9 Å². The van der Waals surface area contributed by atoms with E-state index in [9.17, 15) is 0 Å². The predicted molar refractivity (Wildman–Crippen MR) is 46.7 cm³/mol. The number of anilines is 1. The molecule has 0 saturated carbocycles. The van der Waals surface area contributed by atoms with Crippen LogP contribution in [-0.2, 0) is 0 Å². The van der Waals surface area contributed by atoms with Gasteiger partial charge in [0, 0.05) is 6.54 Å². The second kappa shape index (κ2) is 2.69. The fourth-order valence-corrected chi connectivity index (χ4v) is 1.36. The Balaban J connectivity index is 2.38. The number of ether oxygens (including phenoxy) is 1. The monoisotopic (exact) mass is 167 g/mol. The number of aromatic nitrogens is 2. The van der Waals surface area contributed by atoms with E-state index in [-0.39, 0.29) is 0 Å². The molecule has 12 heavy (non-hydrogen) atoms. The highest BCUT2D eigenvalue weighted by Gasteiger charge is 2.19. The summed E-state index contributed by atoms with van der Waals surface area (Å²) in [7, 11) is 0. The van der Waals surface area contributed by atoms with Crippen molar-refractivity contribution in [1.29, 1.82) is 0 Å². The molecule has 0 bridgehead atoms. The third-order valence-corrected chi connectivity index (χ3v) is 1.96. The molecule has 0 unspecified atom stereocenters. The van der Waals surface area contributed by atoms with Crippen molar-refractivity contribution in [2.24, 2.45) is 0 Å². The molecular weight excluding hydrogens is 154 g/mol. The molecule has 1 aliphatic rings. The largest absolute Gasteiger partial charge is 0.475 e. The van der Waals surface area contributed by atoms with Crippen LogP contribution in [0, 0.1) is 0 Å². The number of H-pyrrole nitrogens is 1. The van der Waals surface area contributed by atoms with E-state index in [0.717, 1.165) is 23.8 Å². The maximum absolute atomic E-state index is 5.37. The van der Waals surface area contributed by atoms with Gasteiger partial charge in [0.1, 0.15) is 12.3 Å². The standard InChI is InChI=1S/C8H13N3O/c1-5(2)6-7-8(11-10-6)12-4-3-9-7/h5,9H,3-4H2,1-2H3,(H,10,11). The summed E-state index contributed by atoms with van der Waals surface area (Å²) < 4.78 is 5.37. The van der Waals surface area contributed by atoms with E-state index < -0.39 is 0 Å². The van der Waals surface area contributed by atoms with Gasteiger partial charge in [0.15, 0.2) is 0 Å². The van der Waals surface area contributed by atoms with Gasteiger partial charge in [0.2, 0.25) is 5.88 Å². The van der Waals surface area contributed by atoms with Gasteiger partial charge in [-0.05, 0) is 5.92 Å². The number of aromatic amines is 1. The van der Waals surface area contributed by atoms with E-state index in [1.54, 1.807) is 0 Å². The van der Waals surface area contributed by atoms with Crippen LogP contribution in [0.2, 0.25) is 0 Å². The van der Waals surface area contributed by atoms with Crippen molar-refractivity contribution in [3.05, 3.63) is 5.69 Å². The van der Waals surface area contributed by atoms with Crippen LogP contribution >= 0.6 is 0 Å². The molecule has 0 aromatic carbocycles. The molecule has 0 radical (unpaired) electrons. The summed E-state index contributed by atoms with van der Waals surface area (Å²) in [6.07, 6.45) is 0. The van der Waals surface area contributed by atoms with Crippen LogP contribution in [0.4, 0.5) is 5.69 Å². The molecular formula is C8H13N3O. The molecule has 4 nitrogen and oxygen atoms in total. The first-order valence-electron chi connectivity index (χ1n) is 4.24. The van der Waals surface area contributed by atoms with Crippen molar-refractivity contribution in [2.75, 3.05) is 18.5 Å². The lowest BCUT2D eigenvalue weighted by Gasteiger charge is -2.15. The highest BCUT2D eigenvalue weighted by Crippen LogP contribution is 2.32. The lowest BCUT2D eigenvalue weighted by atomic mass is 10.1. The molecule has 2 rings (SSSR count). The van der Waals surface area contributed by atoms with Crippen LogP contribution in [0.25, 0.3) is 0 Å². The van der Waals surface area contributed by atoms with Crippen molar-refractivity contribution < 1.29 is 4.74 Å². The molecule has 0 amide bonds. The van der Waals surface area contributed by atoms with Crippen LogP contribution in [0.15, 0.2) is 0 Å². The molecule has 0 aliphatic carbocycles. The molecule has 1 aromatic heterocycles. The van der Waals surface area contributed by atoms with Gasteiger partial charge in [0.25, 0.3) is 0 Å². The fraction of sp³-hybridized carbons (Fsp3) is 0.625. The zero-order valence-corrected chi connectivity index (χ0v) is 7.35. The minimum Gasteiger partial charge on any atom is -0.475 e. The first-order valence-corrected chi connectivity index (χ1v) is 4.24. The zero-order valence-electron chi connectivity index (χ0n) is 7.35. The van der Waals surface area contributed by atoms with E-state index in [1.165, 1.54) is 0 Å². The average Bonchev–Trinajstić information content (AvgIpc) is 2.47. The third-order valence-electron chi connectivity index (χ3n) is 1.96. The summed E-state index contributed by atoms with van der Waals surface area (Å²) in [5.41, 5.74) is 2.10. The van der Waals surface area contributed by atoms with Gasteiger partial charge in [-0.25, -0.2) is 5.10 Å². The van der Waals surface area contributed by atoms with Crippen molar-refractivity contribution in [1.82, 2.24) is 10.2 Å². The molecule has 0 fully saturated rings. The van der Waals surface area contributed by atoms with Crippen molar-refractivity contribution in [2.45, 2.75) is 19.8 Å². The lowest BCUT2D eigenvalue weighted by molar-refractivity contribution is 0.310. The molecule has 2 heterocycles. The lowest BCUT2D eigenvalue weighted by Crippen LogP contribution is -2.18. The molecule has 2 N–H and O–H groups in total. The number of fused-ring (bicyclic) bond motifs is 1. The van der Waals surface area contributed by atoms with Gasteiger partial charge >= 0.3 is 0 Å². The van der Waals surface area contributed by atoms with Gasteiger partial charge in [-0.1, -0.05) is 13.8 Å². The molecule has 0 spiro atoms. The molecule has 66 valence electrons. The smallest absolute Gasteiger partial charge is 0.233 e. The van der Waals surface area contributed by atoms with E-state index in [4.69, 9.17) is 4.74 Å². The Morgan fingerprint density at radius 1 is 1.50 bits per heavy atom. The normalized spacial score (nSPS) is 15.2. The van der Waals surface area contributed by atoms with Crippen LogP contribution in [0.5, 0.6) is 5.88 Å². The maximum atomic E-state index is 5.37. The summed E-state index contributed by atoms with van der Waals surface area (Å²) in [4.78, 5) is 0. The van der Waals surface area contributed by atoms with Crippen LogP contribution in [-0.4, -0.2) is 23.3 Å². The van der Waals surface area contributed by atoms with Gasteiger partial charge in [-0.2, -0.15) is 5.10 Å². The van der Waals surface area contributed by atoms with Crippen molar-refractivity contribution in [3.8, 4) is 5.88 Å². The van der Waals surface area contributed by atoms with E-state index in [1.807, 2.05) is 0 Å². The van der Waals surface area contributed by atoms with Gasteiger partial charge in [0.05, 0.1) is 5.69 Å². The van der Waals surface area contributed by atoms with Crippen LogP contribution < -0.4 is 10.1 Å². The number of hydrogen-bond donors (Lipinski definition) is 2. The number of nitrogens with zero attached hydrogens (tertiary/aromatic N) is 1. The predicted octanol–water partition coefficient (Wildman–Crippen LogP) is 1.34. The Kier molecular flexibility index (Phi) is 1.67. The Morgan fingerprint density at radius 2 is 2.33 bits per heavy atom. The molecule has 1 aromatic rings. The summed E-state index contributed by atoms with van der Waals surface area (Å²) in [5, 5.41) is 10.3. The van der Waals surface area contributed by atoms with Gasteiger partial charge in [-0.15, -0.1) is 0 Å². The fourth-order valence-electron chi connectivity index (χ4n) is 1.36. The SMILES string of the molecule is CC(C)c1n[nH]c2c1NCCO2. The summed E-state index contributed by atoms with van der Waals surface area (Å²) in [5.74, 6) is 1.21. The number of rotatable bonds is 1. The summed E-state index contributed by atoms with van der Waals surface area (Å²) >= 11 is 0. The first-order chi connectivity index (χ1) is 5.79. The maximum Gasteiger partial charge on any atom is 0.233 e. The molecule has 1 aliphatic heterocycles. The summed E-state index contributed by atoms with van der Waals surface area (Å²) in [6, 6.07) is 0. The highest BCUT2D eigenvalue weighted by atomic mass is 16.5. The molecule has 0 saturated heterocycles. The Hall–Kier alpha value is -1.19. The second-order valence-electron chi connectivity index (χ2n) is 3.24. The minimum absolute atomic E-state index is 0.430. The van der Waals surface area contributed by atoms with Gasteiger partial charge in [-0.3, -0.25) is 0 Å². The van der Waals surface area contributed by atoms with Crippen LogP contribution in [0.3, 0.4) is 0 Å².